The smallest absolute Gasteiger partial charge is 0.293 e. The predicted molar refractivity (Wildman–Crippen MR) is 56.1 cm³/mol. The van der Waals surface area contributed by atoms with E-state index in [1.165, 1.54) is 0 Å². The summed E-state index contributed by atoms with van der Waals surface area (Å²) in [7, 11) is 0. The Labute approximate surface area is 91.9 Å². The molecule has 0 saturated heterocycles. The van der Waals surface area contributed by atoms with E-state index in [9.17, 15) is 0 Å². The molecular formula is C7H3BrCl2N2O. The lowest BCUT2D eigenvalue weighted by Gasteiger charge is -1.96. The summed E-state index contributed by atoms with van der Waals surface area (Å²) >= 11 is 15.0. The number of aromatic nitrogens is 1. The number of halogens is 3. The predicted octanol–water partition coefficient (Wildman–Crippen LogP) is 3.48. The molecule has 13 heavy (non-hydrogen) atoms. The number of nitrogens with two attached hydrogens (primary N) is 1. The van der Waals surface area contributed by atoms with Gasteiger partial charge in [0.25, 0.3) is 6.01 Å². The van der Waals surface area contributed by atoms with Crippen molar-refractivity contribution in [2.75, 3.05) is 5.73 Å². The Morgan fingerprint density at radius 3 is 2.85 bits per heavy atom. The number of oxazole rings is 1. The molecule has 3 nitrogen and oxygen atoms in total. The number of fused-ring (bicyclic) bond motifs is 1. The summed E-state index contributed by atoms with van der Waals surface area (Å²) in [4.78, 5) is 3.89. The van der Waals surface area contributed by atoms with Crippen LogP contribution >= 0.6 is 39.1 Å². The Kier molecular flexibility index (Phi) is 2.14. The van der Waals surface area contributed by atoms with Crippen molar-refractivity contribution in [1.29, 1.82) is 0 Å². The van der Waals surface area contributed by atoms with Crippen molar-refractivity contribution in [3.8, 4) is 0 Å². The van der Waals surface area contributed by atoms with Crippen LogP contribution in [0.1, 0.15) is 0 Å². The summed E-state index contributed by atoms with van der Waals surface area (Å²) in [6.45, 7) is 0. The Morgan fingerprint density at radius 1 is 1.46 bits per heavy atom. The summed E-state index contributed by atoms with van der Waals surface area (Å²) in [5.41, 5.74) is 6.25. The normalized spacial score (nSPS) is 11.0. The van der Waals surface area contributed by atoms with Crippen LogP contribution in [0.2, 0.25) is 10.0 Å². The maximum Gasteiger partial charge on any atom is 0.293 e. The third-order valence-electron chi connectivity index (χ3n) is 1.53. The minimum Gasteiger partial charge on any atom is -0.422 e. The second-order valence-corrected chi connectivity index (χ2v) is 4.02. The van der Waals surface area contributed by atoms with Crippen LogP contribution in [-0.4, -0.2) is 4.98 Å². The minimum atomic E-state index is 0.0527. The Balaban J connectivity index is 2.95. The van der Waals surface area contributed by atoms with Crippen LogP contribution in [0.5, 0.6) is 0 Å². The molecule has 0 aliphatic rings. The molecule has 2 rings (SSSR count). The summed E-state index contributed by atoms with van der Waals surface area (Å²) in [6.07, 6.45) is 0. The first-order chi connectivity index (χ1) is 6.09. The highest BCUT2D eigenvalue weighted by atomic mass is 79.9. The number of nitrogen functional groups attached to an aromatic ring is 1. The lowest BCUT2D eigenvalue weighted by molar-refractivity contribution is 0.626. The number of anilines is 1. The minimum absolute atomic E-state index is 0.0527. The van der Waals surface area contributed by atoms with Gasteiger partial charge in [-0.1, -0.05) is 23.2 Å². The van der Waals surface area contributed by atoms with Crippen LogP contribution in [0.4, 0.5) is 6.01 Å². The molecule has 0 aliphatic carbocycles. The van der Waals surface area contributed by atoms with Crippen LogP contribution in [0, 0.1) is 0 Å². The molecule has 1 aromatic carbocycles. The molecule has 0 bridgehead atoms. The van der Waals surface area contributed by atoms with Crippen molar-refractivity contribution in [1.82, 2.24) is 4.98 Å². The third kappa shape index (κ3) is 1.39. The average molecular weight is 282 g/mol. The van der Waals surface area contributed by atoms with Gasteiger partial charge in [0, 0.05) is 4.47 Å². The van der Waals surface area contributed by atoms with Crippen LogP contribution < -0.4 is 5.73 Å². The van der Waals surface area contributed by atoms with Crippen molar-refractivity contribution in [3.05, 3.63) is 20.6 Å². The maximum absolute atomic E-state index is 5.92. The second kappa shape index (κ2) is 3.04. The molecule has 0 radical (unpaired) electrons. The van der Waals surface area contributed by atoms with Crippen molar-refractivity contribution in [3.63, 3.8) is 0 Å². The highest BCUT2D eigenvalue weighted by Crippen LogP contribution is 2.36. The first-order valence-electron chi connectivity index (χ1n) is 3.29. The standard InChI is InChI=1S/C7H3BrCl2N2O/c8-2-1-3(9)5-6(4(2)10)13-7(11)12-5/h1H,(H2,11,12). The lowest BCUT2D eigenvalue weighted by atomic mass is 10.3. The Morgan fingerprint density at radius 2 is 2.15 bits per heavy atom. The van der Waals surface area contributed by atoms with Gasteiger partial charge in [0.15, 0.2) is 5.58 Å². The van der Waals surface area contributed by atoms with Crippen molar-refractivity contribution >= 4 is 56.2 Å². The molecule has 0 atom stereocenters. The quantitative estimate of drug-likeness (QED) is 0.752. The van der Waals surface area contributed by atoms with Crippen molar-refractivity contribution in [2.45, 2.75) is 0 Å². The van der Waals surface area contributed by atoms with Gasteiger partial charge < -0.3 is 10.2 Å². The van der Waals surface area contributed by atoms with E-state index in [4.69, 9.17) is 33.4 Å². The van der Waals surface area contributed by atoms with Gasteiger partial charge in [0.05, 0.1) is 10.0 Å². The van der Waals surface area contributed by atoms with Crippen molar-refractivity contribution < 1.29 is 4.42 Å². The summed E-state index contributed by atoms with van der Waals surface area (Å²) < 4.78 is 5.74. The molecule has 0 unspecified atom stereocenters. The van der Waals surface area contributed by atoms with Gasteiger partial charge in [-0.15, -0.1) is 0 Å². The number of benzene rings is 1. The first kappa shape index (κ1) is 9.12. The van der Waals surface area contributed by atoms with Gasteiger partial charge >= 0.3 is 0 Å². The molecule has 1 heterocycles. The Hall–Kier alpha value is -0.450. The van der Waals surface area contributed by atoms with Gasteiger partial charge in [-0.25, -0.2) is 0 Å². The molecule has 6 heteroatoms. The van der Waals surface area contributed by atoms with Gasteiger partial charge in [-0.2, -0.15) is 4.98 Å². The first-order valence-corrected chi connectivity index (χ1v) is 4.84. The molecular weight excluding hydrogens is 279 g/mol. The van der Waals surface area contributed by atoms with Crippen molar-refractivity contribution in [2.24, 2.45) is 0 Å². The SMILES string of the molecule is Nc1nc2c(Cl)cc(Br)c(Cl)c2o1. The fourth-order valence-corrected chi connectivity index (χ4v) is 1.96. The van der Waals surface area contributed by atoms with Gasteiger partial charge in [0.1, 0.15) is 5.52 Å². The molecule has 2 aromatic rings. The zero-order valence-electron chi connectivity index (χ0n) is 6.14. The molecule has 0 amide bonds. The van der Waals surface area contributed by atoms with Gasteiger partial charge in [-0.3, -0.25) is 0 Å². The third-order valence-corrected chi connectivity index (χ3v) is 3.05. The lowest BCUT2D eigenvalue weighted by Crippen LogP contribution is -1.80. The monoisotopic (exact) mass is 280 g/mol. The van der Waals surface area contributed by atoms with Crippen LogP contribution in [-0.2, 0) is 0 Å². The zero-order valence-corrected chi connectivity index (χ0v) is 9.24. The number of hydrogen-bond acceptors (Lipinski definition) is 3. The molecule has 2 N–H and O–H groups in total. The van der Waals surface area contributed by atoms with Gasteiger partial charge in [0.2, 0.25) is 0 Å². The molecule has 68 valence electrons. The fraction of sp³-hybridized carbons (Fsp3) is 0. The topological polar surface area (TPSA) is 52.0 Å². The van der Waals surface area contributed by atoms with E-state index in [0.29, 0.717) is 25.6 Å². The molecule has 0 spiro atoms. The Bertz CT molecular complexity index is 483. The van der Waals surface area contributed by atoms with E-state index in [0.717, 1.165) is 0 Å². The van der Waals surface area contributed by atoms with E-state index in [2.05, 4.69) is 20.9 Å². The number of hydrogen-bond donors (Lipinski definition) is 1. The molecule has 0 aliphatic heterocycles. The summed E-state index contributed by atoms with van der Waals surface area (Å²) in [6, 6.07) is 1.70. The van der Waals surface area contributed by atoms with Crippen LogP contribution in [0.3, 0.4) is 0 Å². The molecule has 0 saturated carbocycles. The number of nitrogens with zero attached hydrogens (tertiary/aromatic N) is 1. The molecule has 1 aromatic heterocycles. The zero-order chi connectivity index (χ0) is 9.59. The van der Waals surface area contributed by atoms with E-state index < -0.39 is 0 Å². The summed E-state index contributed by atoms with van der Waals surface area (Å²) in [5, 5.41) is 0.871. The highest BCUT2D eigenvalue weighted by molar-refractivity contribution is 9.10. The number of rotatable bonds is 0. The van der Waals surface area contributed by atoms with E-state index >= 15 is 0 Å². The van der Waals surface area contributed by atoms with Crippen LogP contribution in [0.25, 0.3) is 11.1 Å². The van der Waals surface area contributed by atoms with Gasteiger partial charge in [-0.05, 0) is 22.0 Å². The van der Waals surface area contributed by atoms with Crippen LogP contribution in [0.15, 0.2) is 15.0 Å². The van der Waals surface area contributed by atoms with E-state index in [-0.39, 0.29) is 6.01 Å². The second-order valence-electron chi connectivity index (χ2n) is 2.38. The largest absolute Gasteiger partial charge is 0.422 e. The fourth-order valence-electron chi connectivity index (χ4n) is 0.999. The molecule has 0 fully saturated rings. The summed E-state index contributed by atoms with van der Waals surface area (Å²) in [5.74, 6) is 0. The van der Waals surface area contributed by atoms with E-state index in [1.54, 1.807) is 6.07 Å². The van der Waals surface area contributed by atoms with E-state index in [1.807, 2.05) is 0 Å². The maximum atomic E-state index is 5.92. The highest BCUT2D eigenvalue weighted by Gasteiger charge is 2.13. The average Bonchev–Trinajstić information content (AvgIpc) is 2.44.